The van der Waals surface area contributed by atoms with E-state index in [0.29, 0.717) is 35.4 Å². The molecule has 1 N–H and O–H groups in total. The fourth-order valence-electron chi connectivity index (χ4n) is 3.92. The first-order valence-corrected chi connectivity index (χ1v) is 12.4. The average molecular weight is 521 g/mol. The van der Waals surface area contributed by atoms with Gasteiger partial charge in [-0.2, -0.15) is 8.78 Å². The van der Waals surface area contributed by atoms with Crippen molar-refractivity contribution < 1.29 is 23.1 Å². The molecule has 0 saturated carbocycles. The molecule has 2 aromatic carbocycles. The maximum absolute atomic E-state index is 12.8. The maximum atomic E-state index is 12.8. The van der Waals surface area contributed by atoms with E-state index in [1.807, 2.05) is 20.2 Å². The monoisotopic (exact) mass is 520 g/mol. The molecule has 0 aliphatic rings. The average Bonchev–Trinajstić information content (AvgIpc) is 2.81. The van der Waals surface area contributed by atoms with Gasteiger partial charge in [0, 0.05) is 61.0 Å². The van der Waals surface area contributed by atoms with E-state index in [4.69, 9.17) is 11.6 Å². The summed E-state index contributed by atoms with van der Waals surface area (Å²) in [5.74, 6) is 0.0404. The van der Waals surface area contributed by atoms with Crippen LogP contribution in [0.3, 0.4) is 0 Å². The molecular weight excluding hydrogens is 486 g/mol. The summed E-state index contributed by atoms with van der Waals surface area (Å²) in [7, 11) is 1.96. The Morgan fingerprint density at radius 3 is 2.50 bits per heavy atom. The molecule has 0 aliphatic carbocycles. The van der Waals surface area contributed by atoms with Gasteiger partial charge in [-0.3, -0.25) is 9.59 Å². The van der Waals surface area contributed by atoms with Crippen LogP contribution in [0.5, 0.6) is 0 Å². The van der Waals surface area contributed by atoms with Gasteiger partial charge in [-0.05, 0) is 60.4 Å². The summed E-state index contributed by atoms with van der Waals surface area (Å²) in [6.07, 6.45) is 0.857. The Morgan fingerprint density at radius 2 is 1.89 bits per heavy atom. The number of amides is 1. The highest BCUT2D eigenvalue weighted by molar-refractivity contribution is 6.30. The van der Waals surface area contributed by atoms with E-state index in [-0.39, 0.29) is 24.8 Å². The zero-order chi connectivity index (χ0) is 26.9. The standard InChI is InChI=1S/C28H35ClF2N2O3/c1-6-21(8-14-26(34)22-9-11-23(29)12-10-22)17-33(5)18-25-19(2)7-13-24(20(25)3)27(35)32-15-16-36-28(4,30)31/h7,9-13,18,21H,2,6,8,14-17H2,1,3-5H3,(H,32,35)/b25-18+. The van der Waals surface area contributed by atoms with Crippen LogP contribution in [0.4, 0.5) is 8.78 Å². The van der Waals surface area contributed by atoms with Crippen LogP contribution in [-0.2, 0) is 4.74 Å². The molecule has 0 radical (unpaired) electrons. The number of rotatable bonds is 13. The van der Waals surface area contributed by atoms with Gasteiger partial charge >= 0.3 is 6.11 Å². The lowest BCUT2D eigenvalue weighted by atomic mass is 9.96. The minimum atomic E-state index is -3.23. The van der Waals surface area contributed by atoms with Gasteiger partial charge in [0.15, 0.2) is 5.78 Å². The van der Waals surface area contributed by atoms with Crippen LogP contribution in [0.2, 0.25) is 5.02 Å². The number of nitrogens with zero attached hydrogens (tertiary/aromatic N) is 1. The molecule has 36 heavy (non-hydrogen) atoms. The molecule has 2 rings (SSSR count). The van der Waals surface area contributed by atoms with Crippen molar-refractivity contribution in [3.63, 3.8) is 0 Å². The van der Waals surface area contributed by atoms with Gasteiger partial charge < -0.3 is 15.0 Å². The van der Waals surface area contributed by atoms with E-state index < -0.39 is 6.11 Å². The third-order valence-electron chi connectivity index (χ3n) is 6.01. The van der Waals surface area contributed by atoms with E-state index >= 15 is 0 Å². The van der Waals surface area contributed by atoms with Crippen molar-refractivity contribution >= 4 is 36.1 Å². The molecular formula is C28H35ClF2N2O3. The fraction of sp³-hybridized carbons (Fsp3) is 0.429. The Kier molecular flexibility index (Phi) is 11.1. The molecule has 196 valence electrons. The highest BCUT2D eigenvalue weighted by Crippen LogP contribution is 2.17. The number of hydrogen-bond donors (Lipinski definition) is 1. The Hall–Kier alpha value is -2.77. The predicted molar refractivity (Wildman–Crippen MR) is 141 cm³/mol. The number of carbonyl (C=O) groups is 2. The molecule has 0 heterocycles. The predicted octanol–water partition coefficient (Wildman–Crippen LogP) is 4.78. The smallest absolute Gasteiger partial charge is 0.352 e. The Morgan fingerprint density at radius 1 is 1.22 bits per heavy atom. The van der Waals surface area contributed by atoms with Crippen LogP contribution in [-0.4, -0.2) is 49.4 Å². The largest absolute Gasteiger partial charge is 0.380 e. The number of benzene rings is 2. The van der Waals surface area contributed by atoms with Gasteiger partial charge in [0.2, 0.25) is 0 Å². The summed E-state index contributed by atoms with van der Waals surface area (Å²) < 4.78 is 29.9. The number of ketones is 1. The molecule has 0 spiro atoms. The van der Waals surface area contributed by atoms with E-state index in [0.717, 1.165) is 35.4 Å². The fourth-order valence-corrected chi connectivity index (χ4v) is 4.05. The topological polar surface area (TPSA) is 58.6 Å². The van der Waals surface area contributed by atoms with Crippen LogP contribution in [0.1, 0.15) is 59.4 Å². The van der Waals surface area contributed by atoms with Crippen molar-refractivity contribution in [1.29, 1.82) is 0 Å². The van der Waals surface area contributed by atoms with E-state index in [9.17, 15) is 18.4 Å². The SMILES string of the molecule is C=c1ccc(C(=O)NCCOC(C)(F)F)c(C)/c1=C/N(C)CC(CC)CCC(=O)c1ccc(Cl)cc1. The molecule has 1 unspecified atom stereocenters. The lowest BCUT2D eigenvalue weighted by Crippen LogP contribution is -2.35. The summed E-state index contributed by atoms with van der Waals surface area (Å²) in [6.45, 7) is 9.11. The van der Waals surface area contributed by atoms with Crippen molar-refractivity contribution in [2.75, 3.05) is 26.7 Å². The summed E-state index contributed by atoms with van der Waals surface area (Å²) >= 11 is 5.91. The number of halogens is 3. The van der Waals surface area contributed by atoms with Gasteiger partial charge in [0.1, 0.15) is 0 Å². The highest BCUT2D eigenvalue weighted by atomic mass is 35.5. The van der Waals surface area contributed by atoms with E-state index in [2.05, 4.69) is 28.5 Å². The van der Waals surface area contributed by atoms with Crippen molar-refractivity contribution in [2.24, 2.45) is 5.92 Å². The third-order valence-corrected chi connectivity index (χ3v) is 6.26. The van der Waals surface area contributed by atoms with Gasteiger partial charge in [-0.1, -0.05) is 37.6 Å². The Bertz CT molecular complexity index is 1150. The highest BCUT2D eigenvalue weighted by Gasteiger charge is 2.21. The molecule has 5 nitrogen and oxygen atoms in total. The van der Waals surface area contributed by atoms with Gasteiger partial charge in [0.25, 0.3) is 5.91 Å². The second kappa shape index (κ2) is 13.5. The first kappa shape index (κ1) is 29.5. The number of ether oxygens (including phenoxy) is 1. The molecule has 0 fully saturated rings. The number of nitrogens with one attached hydrogen (secondary N) is 1. The Balaban J connectivity index is 2.04. The van der Waals surface area contributed by atoms with Crippen LogP contribution < -0.4 is 15.8 Å². The lowest BCUT2D eigenvalue weighted by molar-refractivity contribution is -0.222. The third kappa shape index (κ3) is 9.36. The summed E-state index contributed by atoms with van der Waals surface area (Å²) in [5, 5.41) is 4.82. The summed E-state index contributed by atoms with van der Waals surface area (Å²) in [6, 6.07) is 10.4. The molecule has 1 atom stereocenters. The Labute approximate surface area is 216 Å². The van der Waals surface area contributed by atoms with Crippen LogP contribution >= 0.6 is 11.6 Å². The van der Waals surface area contributed by atoms with Crippen LogP contribution in [0.25, 0.3) is 12.8 Å². The number of Topliss-reactive ketones (excluding diaryl/α,β-unsaturated/α-hetero) is 1. The molecule has 1 amide bonds. The molecule has 0 saturated heterocycles. The zero-order valence-corrected chi connectivity index (χ0v) is 22.1. The van der Waals surface area contributed by atoms with Gasteiger partial charge in [-0.15, -0.1) is 0 Å². The normalized spacial score (nSPS) is 12.9. The second-order valence-electron chi connectivity index (χ2n) is 9.03. The number of hydrogen-bond acceptors (Lipinski definition) is 4. The first-order valence-electron chi connectivity index (χ1n) is 12.0. The molecule has 0 bridgehead atoms. The summed E-state index contributed by atoms with van der Waals surface area (Å²) in [4.78, 5) is 27.2. The van der Waals surface area contributed by atoms with E-state index in [1.165, 1.54) is 0 Å². The number of carbonyl (C=O) groups excluding carboxylic acids is 2. The maximum Gasteiger partial charge on any atom is 0.352 e. The molecule has 8 heteroatoms. The van der Waals surface area contributed by atoms with Crippen LogP contribution in [0.15, 0.2) is 36.4 Å². The van der Waals surface area contributed by atoms with Crippen molar-refractivity contribution in [3.05, 3.63) is 68.5 Å². The molecule has 0 aliphatic heterocycles. The number of alkyl halides is 2. The zero-order valence-electron chi connectivity index (χ0n) is 21.4. The van der Waals surface area contributed by atoms with Crippen molar-refractivity contribution in [2.45, 2.75) is 46.1 Å². The van der Waals surface area contributed by atoms with Gasteiger partial charge in [-0.25, -0.2) is 0 Å². The quantitative estimate of drug-likeness (QED) is 0.305. The minimum Gasteiger partial charge on any atom is -0.380 e. The summed E-state index contributed by atoms with van der Waals surface area (Å²) in [5.41, 5.74) is 1.86. The lowest BCUT2D eigenvalue weighted by Gasteiger charge is -2.22. The van der Waals surface area contributed by atoms with Gasteiger partial charge in [0.05, 0.1) is 6.61 Å². The molecule has 0 aromatic heterocycles. The van der Waals surface area contributed by atoms with Crippen LogP contribution in [0, 0.1) is 12.8 Å². The van der Waals surface area contributed by atoms with E-state index in [1.54, 1.807) is 36.4 Å². The minimum absolute atomic E-state index is 0.0281. The second-order valence-corrected chi connectivity index (χ2v) is 9.47. The molecule has 2 aromatic rings. The van der Waals surface area contributed by atoms with Crippen molar-refractivity contribution in [3.8, 4) is 0 Å². The van der Waals surface area contributed by atoms with Crippen molar-refractivity contribution in [1.82, 2.24) is 10.2 Å². The first-order chi connectivity index (χ1) is 16.9.